The van der Waals surface area contributed by atoms with Gasteiger partial charge in [0.2, 0.25) is 10.0 Å². The second kappa shape index (κ2) is 13.6. The molecule has 13 nitrogen and oxygen atoms in total. The molecular formula is C29H39N5O8S. The molecule has 1 amide bonds. The summed E-state index contributed by atoms with van der Waals surface area (Å²) >= 11 is 0. The number of fused-ring (bicyclic) bond motifs is 2. The van der Waals surface area contributed by atoms with Crippen LogP contribution in [0.25, 0.3) is 11.1 Å². The van der Waals surface area contributed by atoms with Gasteiger partial charge in [0.05, 0.1) is 36.3 Å². The van der Waals surface area contributed by atoms with Crippen molar-refractivity contribution in [3.05, 3.63) is 54.1 Å². The van der Waals surface area contributed by atoms with Gasteiger partial charge >= 0.3 is 6.09 Å². The van der Waals surface area contributed by atoms with E-state index in [0.29, 0.717) is 24.3 Å². The van der Waals surface area contributed by atoms with Crippen molar-refractivity contribution in [2.75, 3.05) is 45.2 Å². The number of morpholine rings is 1. The van der Waals surface area contributed by atoms with Crippen molar-refractivity contribution < 1.29 is 36.9 Å². The molecule has 3 aromatic rings. The van der Waals surface area contributed by atoms with Crippen LogP contribution in [-0.4, -0.2) is 99.4 Å². The van der Waals surface area contributed by atoms with E-state index in [1.165, 1.54) is 16.4 Å². The van der Waals surface area contributed by atoms with Gasteiger partial charge in [-0.25, -0.2) is 13.2 Å². The van der Waals surface area contributed by atoms with Crippen LogP contribution in [0, 0.1) is 5.92 Å². The molecule has 43 heavy (non-hydrogen) atoms. The van der Waals surface area contributed by atoms with Crippen LogP contribution in [0.5, 0.6) is 0 Å². The van der Waals surface area contributed by atoms with Crippen LogP contribution in [0.3, 0.4) is 0 Å². The van der Waals surface area contributed by atoms with E-state index in [0.717, 1.165) is 5.56 Å². The normalized spacial score (nSPS) is 22.0. The van der Waals surface area contributed by atoms with Gasteiger partial charge in [0.1, 0.15) is 11.6 Å². The summed E-state index contributed by atoms with van der Waals surface area (Å²) in [6.45, 7) is 4.96. The van der Waals surface area contributed by atoms with Gasteiger partial charge < -0.3 is 39.7 Å². The van der Waals surface area contributed by atoms with Crippen molar-refractivity contribution in [3.63, 3.8) is 0 Å². The summed E-state index contributed by atoms with van der Waals surface area (Å²) < 4.78 is 51.4. The van der Waals surface area contributed by atoms with E-state index in [1.807, 2.05) is 44.2 Å². The third-order valence-electron chi connectivity index (χ3n) is 7.38. The molecule has 5 atom stereocenters. The first-order valence-corrected chi connectivity index (χ1v) is 15.8. The largest absolute Gasteiger partial charge is 0.442 e. The Balaban J connectivity index is 1.34. The van der Waals surface area contributed by atoms with E-state index in [2.05, 4.69) is 20.9 Å². The zero-order valence-corrected chi connectivity index (χ0v) is 25.2. The number of carbonyl (C=O) groups excluding carboxylic acids is 1. The van der Waals surface area contributed by atoms with Crippen LogP contribution in [0.1, 0.15) is 19.4 Å². The Kier molecular flexibility index (Phi) is 9.84. The molecule has 0 spiro atoms. The first kappa shape index (κ1) is 31.2. The van der Waals surface area contributed by atoms with E-state index in [9.17, 15) is 18.3 Å². The molecule has 0 saturated carbocycles. The molecule has 0 bridgehead atoms. The number of aliphatic hydroxyl groups is 1. The molecule has 14 heteroatoms. The van der Waals surface area contributed by atoms with Crippen LogP contribution >= 0.6 is 0 Å². The third-order valence-corrected chi connectivity index (χ3v) is 9.21. The maximum Gasteiger partial charge on any atom is 0.407 e. The second-order valence-electron chi connectivity index (χ2n) is 11.1. The number of anilines is 1. The van der Waals surface area contributed by atoms with Crippen LogP contribution in [0.2, 0.25) is 0 Å². The van der Waals surface area contributed by atoms with Crippen molar-refractivity contribution >= 4 is 33.2 Å². The number of sulfonamides is 1. The van der Waals surface area contributed by atoms with Gasteiger partial charge in [-0.15, -0.1) is 0 Å². The summed E-state index contributed by atoms with van der Waals surface area (Å²) in [5, 5.41) is 20.3. The summed E-state index contributed by atoms with van der Waals surface area (Å²) in [4.78, 5) is 17.3. The van der Waals surface area contributed by atoms with Crippen molar-refractivity contribution in [2.45, 2.75) is 55.7 Å². The number of oxazole rings is 1. The maximum atomic E-state index is 13.9. The van der Waals surface area contributed by atoms with Gasteiger partial charge in [-0.05, 0) is 30.0 Å². The lowest BCUT2D eigenvalue weighted by Crippen LogP contribution is -2.54. The number of nitrogens with one attached hydrogen (secondary N) is 3. The van der Waals surface area contributed by atoms with E-state index in [4.69, 9.17) is 18.6 Å². The number of ether oxygens (including phenoxy) is 3. The number of alkyl carbamates (subject to hydrolysis) is 1. The van der Waals surface area contributed by atoms with E-state index >= 15 is 0 Å². The Hall–Kier alpha value is -3.27. The first-order chi connectivity index (χ1) is 20.6. The minimum absolute atomic E-state index is 0.0108. The molecule has 5 rings (SSSR count). The number of rotatable bonds is 12. The number of hydrogen-bond acceptors (Lipinski definition) is 11. The van der Waals surface area contributed by atoms with Gasteiger partial charge in [-0.2, -0.15) is 9.29 Å². The number of carbonyl (C=O) groups is 1. The smallest absolute Gasteiger partial charge is 0.407 e. The monoisotopic (exact) mass is 617 g/mol. The molecule has 0 aliphatic carbocycles. The lowest BCUT2D eigenvalue weighted by atomic mass is 10.0. The Morgan fingerprint density at radius 2 is 1.98 bits per heavy atom. The lowest BCUT2D eigenvalue weighted by Gasteiger charge is -2.31. The molecule has 2 aliphatic heterocycles. The minimum atomic E-state index is -4.06. The van der Waals surface area contributed by atoms with Crippen molar-refractivity contribution in [1.82, 2.24) is 19.9 Å². The molecule has 1 aromatic heterocycles. The van der Waals surface area contributed by atoms with Gasteiger partial charge in [0.15, 0.2) is 11.9 Å². The molecule has 2 saturated heterocycles. The van der Waals surface area contributed by atoms with Gasteiger partial charge in [0.25, 0.3) is 6.01 Å². The highest BCUT2D eigenvalue weighted by atomic mass is 32.2. The molecule has 0 radical (unpaired) electrons. The summed E-state index contributed by atoms with van der Waals surface area (Å²) in [5.41, 5.74) is 1.68. The third kappa shape index (κ3) is 7.45. The Labute approximate surface area is 250 Å². The van der Waals surface area contributed by atoms with Crippen LogP contribution in [-0.2, 0) is 30.7 Å². The topological polar surface area (TPSA) is 164 Å². The van der Waals surface area contributed by atoms with E-state index in [-0.39, 0.29) is 49.0 Å². The second-order valence-corrected chi connectivity index (χ2v) is 13.1. The fourth-order valence-electron chi connectivity index (χ4n) is 5.27. The summed E-state index contributed by atoms with van der Waals surface area (Å²) in [7, 11) is -2.41. The highest BCUT2D eigenvalue weighted by Gasteiger charge is 2.42. The van der Waals surface area contributed by atoms with E-state index < -0.39 is 40.7 Å². The first-order valence-electron chi connectivity index (χ1n) is 14.4. The maximum absolute atomic E-state index is 13.9. The molecule has 2 aromatic carbocycles. The molecular weight excluding hydrogens is 578 g/mol. The quantitative estimate of drug-likeness (QED) is 0.235. The number of amides is 1. The van der Waals surface area contributed by atoms with Gasteiger partial charge in [-0.3, -0.25) is 0 Å². The van der Waals surface area contributed by atoms with Crippen molar-refractivity contribution in [3.8, 4) is 0 Å². The van der Waals surface area contributed by atoms with Crippen LogP contribution in [0.15, 0.2) is 57.8 Å². The highest BCUT2D eigenvalue weighted by molar-refractivity contribution is 7.89. The predicted molar refractivity (Wildman–Crippen MR) is 158 cm³/mol. The summed E-state index contributed by atoms with van der Waals surface area (Å²) in [6, 6.07) is 12.9. The fraction of sp³-hybridized carbons (Fsp3) is 0.517. The Bertz CT molecular complexity index is 1480. The Morgan fingerprint density at radius 1 is 1.19 bits per heavy atom. The summed E-state index contributed by atoms with van der Waals surface area (Å²) in [5.74, 6) is -0.0436. The molecule has 3 heterocycles. The molecule has 234 valence electrons. The lowest BCUT2D eigenvalue weighted by molar-refractivity contribution is -0.137. The van der Waals surface area contributed by atoms with Crippen molar-refractivity contribution in [1.29, 1.82) is 0 Å². The average molecular weight is 618 g/mol. The zero-order chi connectivity index (χ0) is 30.6. The number of hydrogen-bond donors (Lipinski definition) is 4. The molecule has 2 aliphatic rings. The minimum Gasteiger partial charge on any atom is -0.442 e. The molecule has 4 N–H and O–H groups in total. The van der Waals surface area contributed by atoms with Crippen LogP contribution < -0.4 is 16.0 Å². The number of benzene rings is 2. The zero-order valence-electron chi connectivity index (χ0n) is 24.4. The SMILES string of the molecule is CNc1nc2ccc(S(=O)(=O)N(CC(C)C)C[C@@H](O)[C@H](Cc3ccccc3)NC(=O)OC3COC4OCCNC34)cc2o1. The van der Waals surface area contributed by atoms with Gasteiger partial charge in [-0.1, -0.05) is 44.2 Å². The number of aromatic nitrogens is 1. The average Bonchev–Trinajstić information content (AvgIpc) is 3.60. The highest BCUT2D eigenvalue weighted by Crippen LogP contribution is 2.26. The molecule has 3 unspecified atom stereocenters. The number of aliphatic hydroxyl groups excluding tert-OH is 1. The van der Waals surface area contributed by atoms with Gasteiger partial charge in [0, 0.05) is 32.7 Å². The number of nitrogens with zero attached hydrogens (tertiary/aromatic N) is 2. The molecule has 2 fully saturated rings. The summed E-state index contributed by atoms with van der Waals surface area (Å²) in [6.07, 6.45) is -2.83. The Morgan fingerprint density at radius 3 is 2.72 bits per heavy atom. The van der Waals surface area contributed by atoms with Crippen LogP contribution in [0.4, 0.5) is 10.8 Å². The standard InChI is InChI=1S/C29H39N5O8S/c1-18(2)15-34(43(37,38)20-9-10-21-24(14-20)41-28(30-3)32-21)16-23(35)22(13-19-7-5-4-6-8-19)33-29(36)42-25-17-40-27-26(25)31-11-12-39-27/h4-10,14,18,22-23,25-27,31,35H,11-13,15-17H2,1-3H3,(H,30,32)(H,33,36)/t22-,23+,25?,26?,27?/m0/s1. The fourth-order valence-corrected chi connectivity index (χ4v) is 6.91. The van der Waals surface area contributed by atoms with E-state index in [1.54, 1.807) is 13.1 Å². The van der Waals surface area contributed by atoms with Crippen molar-refractivity contribution in [2.24, 2.45) is 5.92 Å². The predicted octanol–water partition coefficient (Wildman–Crippen LogP) is 1.93.